The van der Waals surface area contributed by atoms with Crippen molar-refractivity contribution in [3.8, 4) is 11.5 Å². The fraction of sp³-hybridized carbons (Fsp3) is 0.333. The molecule has 0 fully saturated rings. The van der Waals surface area contributed by atoms with E-state index in [9.17, 15) is 18.0 Å². The van der Waals surface area contributed by atoms with Crippen molar-refractivity contribution in [1.82, 2.24) is 0 Å². The first-order valence-electron chi connectivity index (χ1n) is 13.0. The molecule has 39 heavy (non-hydrogen) atoms. The summed E-state index contributed by atoms with van der Waals surface area (Å²) in [5.74, 6) is 0.786. The van der Waals surface area contributed by atoms with Crippen molar-refractivity contribution in [2.75, 3.05) is 6.61 Å². The quantitative estimate of drug-likeness (QED) is 0.270. The molecule has 0 aromatic heterocycles. The molecular weight excluding hydrogens is 540 g/mol. The lowest BCUT2D eigenvalue weighted by atomic mass is 9.73. The predicted molar refractivity (Wildman–Crippen MR) is 146 cm³/mol. The molecule has 0 saturated heterocycles. The van der Waals surface area contributed by atoms with Crippen molar-refractivity contribution in [3.05, 3.63) is 87.9 Å². The standard InChI is InChI=1S/C30H29ClO7S/c1-3-7-18-16-19(17-26(36-4-2)30(18)38-39(34,35)21-14-12-20(31)13-15-21)27-28-22(32)8-5-10-24(28)37-25-11-6-9-23(33)29(25)27/h3,12-17,27H,1,4-11H2,2H3. The van der Waals surface area contributed by atoms with Gasteiger partial charge in [0.25, 0.3) is 0 Å². The third-order valence-corrected chi connectivity index (χ3v) is 8.58. The van der Waals surface area contributed by atoms with E-state index >= 15 is 0 Å². The van der Waals surface area contributed by atoms with Crippen LogP contribution < -0.4 is 8.92 Å². The summed E-state index contributed by atoms with van der Waals surface area (Å²) >= 11 is 5.93. The number of Topliss-reactive ketones (excluding diaryl/α,β-unsaturated/α-hetero) is 2. The second-order valence-corrected chi connectivity index (χ2v) is 11.7. The van der Waals surface area contributed by atoms with Gasteiger partial charge in [0.15, 0.2) is 23.1 Å². The predicted octanol–water partition coefficient (Wildman–Crippen LogP) is 6.36. The summed E-state index contributed by atoms with van der Waals surface area (Å²) in [6, 6.07) is 9.14. The highest BCUT2D eigenvalue weighted by Gasteiger charge is 2.42. The fourth-order valence-corrected chi connectivity index (χ4v) is 6.52. The Balaban J connectivity index is 1.67. The number of hydrogen-bond acceptors (Lipinski definition) is 7. The minimum atomic E-state index is -4.22. The number of ether oxygens (including phenoxy) is 2. The average Bonchev–Trinajstić information content (AvgIpc) is 2.90. The zero-order valence-electron chi connectivity index (χ0n) is 21.6. The summed E-state index contributed by atoms with van der Waals surface area (Å²) in [4.78, 5) is 26.4. The van der Waals surface area contributed by atoms with Gasteiger partial charge in [-0.2, -0.15) is 8.42 Å². The zero-order valence-corrected chi connectivity index (χ0v) is 23.2. The van der Waals surface area contributed by atoms with E-state index < -0.39 is 16.0 Å². The number of allylic oxidation sites excluding steroid dienone is 5. The molecule has 0 atom stereocenters. The third kappa shape index (κ3) is 5.28. The highest BCUT2D eigenvalue weighted by Crippen LogP contribution is 2.49. The van der Waals surface area contributed by atoms with E-state index in [1.807, 2.05) is 0 Å². The molecule has 2 aromatic carbocycles. The van der Waals surface area contributed by atoms with Gasteiger partial charge in [0.05, 0.1) is 6.61 Å². The molecule has 0 spiro atoms. The van der Waals surface area contributed by atoms with Crippen molar-refractivity contribution < 1.29 is 31.7 Å². The highest BCUT2D eigenvalue weighted by atomic mass is 35.5. The van der Waals surface area contributed by atoms with Crippen molar-refractivity contribution in [1.29, 1.82) is 0 Å². The summed E-state index contributed by atoms with van der Waals surface area (Å²) < 4.78 is 44.1. The zero-order chi connectivity index (χ0) is 27.7. The van der Waals surface area contributed by atoms with Crippen molar-refractivity contribution in [3.63, 3.8) is 0 Å². The number of ketones is 2. The molecule has 2 aromatic rings. The van der Waals surface area contributed by atoms with Gasteiger partial charge in [-0.25, -0.2) is 0 Å². The molecule has 0 unspecified atom stereocenters. The molecule has 0 amide bonds. The van der Waals surface area contributed by atoms with Crippen molar-refractivity contribution >= 4 is 33.3 Å². The molecule has 0 bridgehead atoms. The number of benzene rings is 2. The molecule has 9 heteroatoms. The maximum atomic E-state index is 13.2. The van der Waals surface area contributed by atoms with Gasteiger partial charge in [0, 0.05) is 53.3 Å². The molecule has 0 N–H and O–H groups in total. The summed E-state index contributed by atoms with van der Waals surface area (Å²) in [5, 5.41) is 0.397. The topological polar surface area (TPSA) is 96.0 Å². The molecule has 1 aliphatic heterocycles. The number of rotatable bonds is 8. The Bertz CT molecular complexity index is 1480. The van der Waals surface area contributed by atoms with Crippen LogP contribution in [0.1, 0.15) is 62.5 Å². The van der Waals surface area contributed by atoms with E-state index in [4.69, 9.17) is 25.3 Å². The van der Waals surface area contributed by atoms with Gasteiger partial charge in [-0.1, -0.05) is 23.7 Å². The molecule has 7 nitrogen and oxygen atoms in total. The number of carbonyl (C=O) groups excluding carboxylic acids is 2. The molecule has 0 radical (unpaired) electrons. The lowest BCUT2D eigenvalue weighted by Gasteiger charge is -2.36. The van der Waals surface area contributed by atoms with Gasteiger partial charge >= 0.3 is 10.1 Å². The van der Waals surface area contributed by atoms with Crippen LogP contribution in [0.15, 0.2) is 76.6 Å². The van der Waals surface area contributed by atoms with Crippen LogP contribution in [0.3, 0.4) is 0 Å². The second-order valence-electron chi connectivity index (χ2n) is 9.69. The van der Waals surface area contributed by atoms with E-state index in [-0.39, 0.29) is 41.0 Å². The molecule has 5 rings (SSSR count). The molecule has 1 heterocycles. The summed E-state index contributed by atoms with van der Waals surface area (Å²) in [5.41, 5.74) is 2.17. The lowest BCUT2D eigenvalue weighted by molar-refractivity contribution is -0.117. The number of halogens is 1. The Morgan fingerprint density at radius 1 is 1.00 bits per heavy atom. The van der Waals surface area contributed by atoms with E-state index in [1.54, 1.807) is 25.1 Å². The van der Waals surface area contributed by atoms with Gasteiger partial charge in [0.1, 0.15) is 16.4 Å². The molecule has 204 valence electrons. The van der Waals surface area contributed by atoms with Gasteiger partial charge in [-0.05, 0) is 62.1 Å². The third-order valence-electron chi connectivity index (χ3n) is 7.09. The van der Waals surface area contributed by atoms with E-state index in [0.29, 0.717) is 77.3 Å². The molecule has 0 saturated carbocycles. The Hall–Kier alpha value is -3.36. The molecule has 3 aliphatic rings. The van der Waals surface area contributed by atoms with Gasteiger partial charge in [0.2, 0.25) is 0 Å². The Morgan fingerprint density at radius 2 is 1.62 bits per heavy atom. The second kappa shape index (κ2) is 11.0. The Labute approximate surface area is 233 Å². The average molecular weight is 569 g/mol. The smallest absolute Gasteiger partial charge is 0.339 e. The van der Waals surface area contributed by atoms with Crippen LogP contribution in [0.4, 0.5) is 0 Å². The maximum absolute atomic E-state index is 13.2. The van der Waals surface area contributed by atoms with E-state index in [0.717, 1.165) is 0 Å². The van der Waals surface area contributed by atoms with Crippen molar-refractivity contribution in [2.24, 2.45) is 0 Å². The number of hydrogen-bond donors (Lipinski definition) is 0. The first-order valence-corrected chi connectivity index (χ1v) is 14.8. The normalized spacial score (nSPS) is 17.9. The summed E-state index contributed by atoms with van der Waals surface area (Å²) in [6.45, 7) is 5.85. The van der Waals surface area contributed by atoms with Crippen LogP contribution in [0.5, 0.6) is 11.5 Å². The van der Waals surface area contributed by atoms with E-state index in [1.165, 1.54) is 24.3 Å². The van der Waals surface area contributed by atoms with Crippen LogP contribution in [0.25, 0.3) is 0 Å². The molecule has 2 aliphatic carbocycles. The Kier molecular flexibility index (Phi) is 7.69. The fourth-order valence-electron chi connectivity index (χ4n) is 5.42. The SMILES string of the molecule is C=CCc1cc(C2C3=C(CCCC3=O)OC3=C2C(=O)CCC3)cc(OCC)c1OS(=O)(=O)c1ccc(Cl)cc1. The molecular formula is C30H29ClO7S. The van der Waals surface area contributed by atoms with Gasteiger partial charge < -0.3 is 13.7 Å². The minimum Gasteiger partial charge on any atom is -0.490 e. The van der Waals surface area contributed by atoms with Gasteiger partial charge in [-0.3, -0.25) is 9.59 Å². The maximum Gasteiger partial charge on any atom is 0.339 e. The monoisotopic (exact) mass is 568 g/mol. The van der Waals surface area contributed by atoms with Gasteiger partial charge in [-0.15, -0.1) is 6.58 Å². The summed E-state index contributed by atoms with van der Waals surface area (Å²) in [6.07, 6.45) is 5.31. The first kappa shape index (κ1) is 27.2. The van der Waals surface area contributed by atoms with E-state index in [2.05, 4.69) is 6.58 Å². The van der Waals surface area contributed by atoms with Crippen molar-refractivity contribution in [2.45, 2.75) is 62.7 Å². The lowest BCUT2D eigenvalue weighted by Crippen LogP contribution is -2.30. The van der Waals surface area contributed by atoms with Crippen LogP contribution in [0.2, 0.25) is 5.02 Å². The Morgan fingerprint density at radius 3 is 2.18 bits per heavy atom. The minimum absolute atomic E-state index is 0.0378. The van der Waals surface area contributed by atoms with Crippen LogP contribution in [-0.2, 0) is 30.9 Å². The first-order chi connectivity index (χ1) is 18.7. The van der Waals surface area contributed by atoms with Crippen LogP contribution in [-0.4, -0.2) is 26.6 Å². The largest absolute Gasteiger partial charge is 0.490 e. The van der Waals surface area contributed by atoms with Crippen LogP contribution >= 0.6 is 11.6 Å². The van der Waals surface area contributed by atoms with Crippen LogP contribution in [0, 0.1) is 0 Å². The summed E-state index contributed by atoms with van der Waals surface area (Å²) in [7, 11) is -4.22. The number of carbonyl (C=O) groups is 2. The highest BCUT2D eigenvalue weighted by molar-refractivity contribution is 7.87.